The second-order valence-corrected chi connectivity index (χ2v) is 6.63. The highest BCUT2D eigenvalue weighted by molar-refractivity contribution is 6.43. The topological polar surface area (TPSA) is 87.7 Å². The van der Waals surface area contributed by atoms with Gasteiger partial charge in [-0.3, -0.25) is 14.4 Å². The van der Waals surface area contributed by atoms with Crippen LogP contribution in [0.1, 0.15) is 18.4 Å². The highest BCUT2D eigenvalue weighted by Crippen LogP contribution is 2.28. The minimum absolute atomic E-state index is 0.00253. The van der Waals surface area contributed by atoms with Crippen LogP contribution >= 0.6 is 0 Å². The molecule has 1 heterocycles. The van der Waals surface area contributed by atoms with Crippen molar-refractivity contribution in [3.8, 4) is 5.75 Å². The Hall–Kier alpha value is -3.56. The van der Waals surface area contributed by atoms with Crippen LogP contribution in [0, 0.1) is 6.92 Å². The summed E-state index contributed by atoms with van der Waals surface area (Å²) in [5, 5.41) is 4.74. The smallest absolute Gasteiger partial charge is 0.406 e. The van der Waals surface area contributed by atoms with Crippen LogP contribution < -0.4 is 20.3 Å². The zero-order valence-electron chi connectivity index (χ0n) is 15.9. The van der Waals surface area contributed by atoms with E-state index in [1.165, 1.54) is 12.1 Å². The molecule has 1 fully saturated rings. The van der Waals surface area contributed by atoms with Crippen molar-refractivity contribution in [1.82, 2.24) is 0 Å². The fraction of sp³-hybridized carbons (Fsp3) is 0.250. The molecule has 1 saturated heterocycles. The number of nitrogens with zero attached hydrogens (tertiary/aromatic N) is 1. The van der Waals surface area contributed by atoms with E-state index >= 15 is 0 Å². The molecule has 1 aliphatic rings. The van der Waals surface area contributed by atoms with Crippen molar-refractivity contribution < 1.29 is 32.3 Å². The van der Waals surface area contributed by atoms with Crippen molar-refractivity contribution in [2.24, 2.45) is 0 Å². The van der Waals surface area contributed by atoms with Gasteiger partial charge >= 0.3 is 18.2 Å². The lowest BCUT2D eigenvalue weighted by Gasteiger charge is -2.19. The summed E-state index contributed by atoms with van der Waals surface area (Å²) in [6, 6.07) is 9.33. The van der Waals surface area contributed by atoms with Gasteiger partial charge in [0, 0.05) is 30.0 Å². The summed E-state index contributed by atoms with van der Waals surface area (Å²) in [6.07, 6.45) is -3.60. The molecule has 2 N–H and O–H groups in total. The van der Waals surface area contributed by atoms with E-state index < -0.39 is 23.9 Å². The van der Waals surface area contributed by atoms with Gasteiger partial charge in [0.25, 0.3) is 0 Å². The molecule has 0 radical (unpaired) electrons. The Kier molecular flexibility index (Phi) is 5.95. The number of hydrogen-bond acceptors (Lipinski definition) is 4. The van der Waals surface area contributed by atoms with E-state index in [2.05, 4.69) is 15.4 Å². The molecule has 0 aromatic heterocycles. The lowest BCUT2D eigenvalue weighted by atomic mass is 10.1. The second-order valence-electron chi connectivity index (χ2n) is 6.63. The average molecular weight is 421 g/mol. The van der Waals surface area contributed by atoms with Crippen molar-refractivity contribution >= 4 is 34.8 Å². The van der Waals surface area contributed by atoms with Gasteiger partial charge in [-0.15, -0.1) is 13.2 Å². The molecule has 30 heavy (non-hydrogen) atoms. The summed E-state index contributed by atoms with van der Waals surface area (Å²) in [4.78, 5) is 37.9. The van der Waals surface area contributed by atoms with E-state index in [4.69, 9.17) is 0 Å². The summed E-state index contributed by atoms with van der Waals surface area (Å²) in [6.45, 7) is 2.43. The largest absolute Gasteiger partial charge is 0.573 e. The number of amides is 3. The van der Waals surface area contributed by atoms with E-state index in [1.807, 2.05) is 6.92 Å². The number of carbonyl (C=O) groups is 3. The van der Waals surface area contributed by atoms with E-state index in [1.54, 1.807) is 23.1 Å². The van der Waals surface area contributed by atoms with Crippen molar-refractivity contribution in [2.45, 2.75) is 26.1 Å². The van der Waals surface area contributed by atoms with Gasteiger partial charge in [0.15, 0.2) is 0 Å². The molecule has 158 valence electrons. The summed E-state index contributed by atoms with van der Waals surface area (Å²) in [5.74, 6) is -2.42. The summed E-state index contributed by atoms with van der Waals surface area (Å²) < 4.78 is 40.3. The average Bonchev–Trinajstić information content (AvgIpc) is 3.09. The predicted octanol–water partition coefficient (Wildman–Crippen LogP) is 3.60. The molecule has 0 aliphatic carbocycles. The first-order chi connectivity index (χ1) is 14.1. The Bertz CT molecular complexity index is 974. The van der Waals surface area contributed by atoms with Gasteiger partial charge in [0.2, 0.25) is 5.91 Å². The summed E-state index contributed by atoms with van der Waals surface area (Å²) >= 11 is 0. The van der Waals surface area contributed by atoms with Crippen molar-refractivity contribution in [3.63, 3.8) is 0 Å². The number of rotatable bonds is 4. The number of hydrogen-bond donors (Lipinski definition) is 2. The normalized spacial score (nSPS) is 13.9. The van der Waals surface area contributed by atoms with Crippen molar-refractivity contribution in [2.75, 3.05) is 22.1 Å². The predicted molar refractivity (Wildman–Crippen MR) is 103 cm³/mol. The van der Waals surface area contributed by atoms with Gasteiger partial charge in [-0.25, -0.2) is 0 Å². The maximum atomic E-state index is 12.2. The minimum Gasteiger partial charge on any atom is -0.406 e. The lowest BCUT2D eigenvalue weighted by molar-refractivity contribution is -0.274. The standard InChI is InChI=1S/C20H18F3N3O4/c1-12-4-5-14(11-16(12)26-10-2-3-17(26)27)25-19(29)18(28)24-13-6-8-15(9-7-13)30-20(21,22)23/h4-9,11H,2-3,10H2,1H3,(H,24,28)(H,25,29). The monoisotopic (exact) mass is 421 g/mol. The minimum atomic E-state index is -4.82. The number of nitrogens with one attached hydrogen (secondary N) is 2. The third-order valence-corrected chi connectivity index (χ3v) is 4.38. The Labute approximate surface area is 169 Å². The molecule has 1 aliphatic heterocycles. The number of halogens is 3. The van der Waals surface area contributed by atoms with Crippen molar-refractivity contribution in [1.29, 1.82) is 0 Å². The van der Waals surface area contributed by atoms with Crippen LogP contribution in [-0.2, 0) is 14.4 Å². The first-order valence-electron chi connectivity index (χ1n) is 9.01. The molecule has 0 atom stereocenters. The fourth-order valence-corrected chi connectivity index (χ4v) is 3.00. The zero-order valence-corrected chi connectivity index (χ0v) is 15.9. The number of anilines is 3. The number of benzene rings is 2. The Morgan fingerprint density at radius 2 is 1.60 bits per heavy atom. The third kappa shape index (κ3) is 5.28. The molecule has 0 spiro atoms. The van der Waals surface area contributed by atoms with Crippen LogP contribution in [0.3, 0.4) is 0 Å². The molecule has 7 nitrogen and oxygen atoms in total. The van der Waals surface area contributed by atoms with E-state index in [-0.39, 0.29) is 11.6 Å². The quantitative estimate of drug-likeness (QED) is 0.739. The molecule has 2 aromatic carbocycles. The maximum absolute atomic E-state index is 12.2. The summed E-state index contributed by atoms with van der Waals surface area (Å²) in [7, 11) is 0. The SMILES string of the molecule is Cc1ccc(NC(=O)C(=O)Nc2ccc(OC(F)(F)F)cc2)cc1N1CCCC1=O. The third-order valence-electron chi connectivity index (χ3n) is 4.38. The van der Waals surface area contributed by atoms with Gasteiger partial charge < -0.3 is 20.3 Å². The summed E-state index contributed by atoms with van der Waals surface area (Å²) in [5.41, 5.74) is 1.98. The van der Waals surface area contributed by atoms with Gasteiger partial charge in [-0.05, 0) is 55.3 Å². The van der Waals surface area contributed by atoms with Crippen LogP contribution in [-0.4, -0.2) is 30.6 Å². The Balaban J connectivity index is 1.63. The number of alkyl halides is 3. The molecule has 0 bridgehead atoms. The number of aryl methyl sites for hydroxylation is 1. The number of carbonyl (C=O) groups excluding carboxylic acids is 3. The molecule has 0 saturated carbocycles. The Morgan fingerprint density at radius 1 is 1.00 bits per heavy atom. The molecule has 3 amide bonds. The highest BCUT2D eigenvalue weighted by atomic mass is 19.4. The van der Waals surface area contributed by atoms with Crippen LogP contribution in [0.25, 0.3) is 0 Å². The maximum Gasteiger partial charge on any atom is 0.573 e. The van der Waals surface area contributed by atoms with Gasteiger partial charge in [-0.2, -0.15) is 0 Å². The second kappa shape index (κ2) is 8.44. The van der Waals surface area contributed by atoms with E-state index in [9.17, 15) is 27.6 Å². The van der Waals surface area contributed by atoms with Gasteiger partial charge in [0.1, 0.15) is 5.75 Å². The molecular weight excluding hydrogens is 403 g/mol. The fourth-order valence-electron chi connectivity index (χ4n) is 3.00. The van der Waals surface area contributed by atoms with Crippen LogP contribution in [0.15, 0.2) is 42.5 Å². The lowest BCUT2D eigenvalue weighted by Crippen LogP contribution is -2.29. The molecule has 10 heteroatoms. The number of ether oxygens (including phenoxy) is 1. The van der Waals surface area contributed by atoms with Crippen molar-refractivity contribution in [3.05, 3.63) is 48.0 Å². The first kappa shape index (κ1) is 21.2. The van der Waals surface area contributed by atoms with E-state index in [0.717, 1.165) is 24.1 Å². The first-order valence-corrected chi connectivity index (χ1v) is 9.01. The molecule has 3 rings (SSSR count). The zero-order chi connectivity index (χ0) is 21.9. The van der Waals surface area contributed by atoms with Gasteiger partial charge in [-0.1, -0.05) is 6.07 Å². The highest BCUT2D eigenvalue weighted by Gasteiger charge is 2.31. The molecular formula is C20H18F3N3O4. The van der Waals surface area contributed by atoms with Crippen LogP contribution in [0.4, 0.5) is 30.2 Å². The van der Waals surface area contributed by atoms with Crippen LogP contribution in [0.5, 0.6) is 5.75 Å². The molecule has 0 unspecified atom stereocenters. The van der Waals surface area contributed by atoms with Crippen LogP contribution in [0.2, 0.25) is 0 Å². The van der Waals surface area contributed by atoms with Gasteiger partial charge in [0.05, 0.1) is 0 Å². The molecule has 2 aromatic rings. The van der Waals surface area contributed by atoms with E-state index in [0.29, 0.717) is 24.3 Å². The Morgan fingerprint density at radius 3 is 2.17 bits per heavy atom.